The topological polar surface area (TPSA) is 56.1 Å². The molecule has 0 saturated carbocycles. The molecule has 1 aromatic heterocycles. The maximum atomic E-state index is 12.2. The van der Waals surface area contributed by atoms with Crippen molar-refractivity contribution < 1.29 is 9.53 Å². The van der Waals surface area contributed by atoms with Crippen molar-refractivity contribution in [1.82, 2.24) is 14.9 Å². The zero-order chi connectivity index (χ0) is 25.3. The van der Waals surface area contributed by atoms with Crippen LogP contribution in [0.1, 0.15) is 47.4 Å². The van der Waals surface area contributed by atoms with E-state index in [0.717, 1.165) is 76.3 Å². The number of unbranched alkanes of at least 4 members (excludes halogenated alkanes) is 2. The first kappa shape index (κ1) is 26.2. The van der Waals surface area contributed by atoms with Crippen LogP contribution in [0, 0.1) is 6.92 Å². The van der Waals surface area contributed by atoms with Gasteiger partial charge in [0.05, 0.1) is 17.6 Å². The molecule has 1 N–H and O–H groups in total. The smallest absolute Gasteiger partial charge is 0.251 e. The summed E-state index contributed by atoms with van der Waals surface area (Å²) in [6.45, 7) is 4.14. The minimum absolute atomic E-state index is 0.0275. The lowest BCUT2D eigenvalue weighted by Gasteiger charge is -2.11. The summed E-state index contributed by atoms with van der Waals surface area (Å²) in [5, 5.41) is 3.76. The number of aromatic nitrogens is 2. The number of hydrogen-bond acceptors (Lipinski definition) is 3. The van der Waals surface area contributed by atoms with Gasteiger partial charge in [-0.05, 0) is 86.3 Å². The Kier molecular flexibility index (Phi) is 9.42. The zero-order valence-corrected chi connectivity index (χ0v) is 22.8. The molecule has 1 amide bonds. The van der Waals surface area contributed by atoms with Gasteiger partial charge in [-0.25, -0.2) is 4.98 Å². The molecule has 0 fully saturated rings. The van der Waals surface area contributed by atoms with Crippen molar-refractivity contribution in [3.05, 3.63) is 93.2 Å². The molecule has 4 rings (SSSR count). The van der Waals surface area contributed by atoms with Gasteiger partial charge in [0, 0.05) is 34.6 Å². The number of ether oxygens (including phenoxy) is 1. The number of halogens is 2. The van der Waals surface area contributed by atoms with Gasteiger partial charge in [0.2, 0.25) is 0 Å². The van der Waals surface area contributed by atoms with Gasteiger partial charge >= 0.3 is 0 Å². The van der Waals surface area contributed by atoms with E-state index >= 15 is 0 Å². The fraction of sp³-hybridized carbons (Fsp3) is 0.310. The summed E-state index contributed by atoms with van der Waals surface area (Å²) in [5.41, 5.74) is 3.90. The molecule has 0 aliphatic heterocycles. The van der Waals surface area contributed by atoms with Crippen molar-refractivity contribution in [1.29, 1.82) is 0 Å². The van der Waals surface area contributed by atoms with Crippen LogP contribution < -0.4 is 10.1 Å². The van der Waals surface area contributed by atoms with Gasteiger partial charge in [0.25, 0.3) is 5.91 Å². The third-order valence-corrected chi connectivity index (χ3v) is 7.08. The molecule has 7 heteroatoms. The number of rotatable bonds is 12. The average Bonchev–Trinajstić information content (AvgIpc) is 3.23. The SMILES string of the molecule is Cc1cc(OCCCn2c(CCCCCNC(=O)c3ccc(Br)cc3)nc3ccccc32)ccc1Cl. The Labute approximate surface area is 226 Å². The van der Waals surface area contributed by atoms with Crippen molar-refractivity contribution in [2.45, 2.75) is 45.6 Å². The fourth-order valence-electron chi connectivity index (χ4n) is 4.18. The van der Waals surface area contributed by atoms with Crippen LogP contribution in [0.2, 0.25) is 5.02 Å². The summed E-state index contributed by atoms with van der Waals surface area (Å²) >= 11 is 9.50. The monoisotopic (exact) mass is 567 g/mol. The van der Waals surface area contributed by atoms with Crippen molar-refractivity contribution in [3.8, 4) is 5.75 Å². The quantitative estimate of drug-likeness (QED) is 0.182. The molecule has 4 aromatic rings. The molecule has 3 aromatic carbocycles. The second-order valence-electron chi connectivity index (χ2n) is 8.85. The summed E-state index contributed by atoms with van der Waals surface area (Å²) in [6, 6.07) is 21.5. The van der Waals surface area contributed by atoms with Crippen molar-refractivity contribution in [3.63, 3.8) is 0 Å². The molecule has 5 nitrogen and oxygen atoms in total. The van der Waals surface area contributed by atoms with Crippen LogP contribution in [0.25, 0.3) is 11.0 Å². The van der Waals surface area contributed by atoms with Crippen LogP contribution >= 0.6 is 27.5 Å². The Morgan fingerprint density at radius 2 is 1.83 bits per heavy atom. The van der Waals surface area contributed by atoms with Gasteiger partial charge in [0.1, 0.15) is 11.6 Å². The summed E-state index contributed by atoms with van der Waals surface area (Å²) in [7, 11) is 0. The molecule has 36 heavy (non-hydrogen) atoms. The van der Waals surface area contributed by atoms with Crippen LogP contribution in [-0.2, 0) is 13.0 Å². The van der Waals surface area contributed by atoms with Crippen molar-refractivity contribution in [2.75, 3.05) is 13.2 Å². The van der Waals surface area contributed by atoms with E-state index in [-0.39, 0.29) is 5.91 Å². The molecule has 0 aliphatic rings. The number of imidazole rings is 1. The lowest BCUT2D eigenvalue weighted by atomic mass is 10.1. The van der Waals surface area contributed by atoms with Gasteiger partial charge in [-0.15, -0.1) is 0 Å². The third kappa shape index (κ3) is 7.11. The van der Waals surface area contributed by atoms with Crippen molar-refractivity contribution in [2.24, 2.45) is 0 Å². The second kappa shape index (κ2) is 12.9. The summed E-state index contributed by atoms with van der Waals surface area (Å²) in [5.74, 6) is 1.93. The van der Waals surface area contributed by atoms with Crippen LogP contribution in [0.15, 0.2) is 71.2 Å². The molecule has 188 valence electrons. The van der Waals surface area contributed by atoms with Crippen LogP contribution in [-0.4, -0.2) is 28.6 Å². The molecule has 0 spiro atoms. The van der Waals surface area contributed by atoms with E-state index in [1.165, 1.54) is 0 Å². The first-order valence-electron chi connectivity index (χ1n) is 12.4. The predicted molar refractivity (Wildman–Crippen MR) is 150 cm³/mol. The number of nitrogens with zero attached hydrogens (tertiary/aromatic N) is 2. The van der Waals surface area contributed by atoms with E-state index in [1.54, 1.807) is 0 Å². The minimum Gasteiger partial charge on any atom is -0.494 e. The van der Waals surface area contributed by atoms with Crippen LogP contribution in [0.3, 0.4) is 0 Å². The highest BCUT2D eigenvalue weighted by Gasteiger charge is 2.11. The number of carbonyl (C=O) groups excluding carboxylic acids is 1. The molecule has 0 bridgehead atoms. The minimum atomic E-state index is -0.0275. The third-order valence-electron chi connectivity index (χ3n) is 6.13. The Hall–Kier alpha value is -2.83. The maximum Gasteiger partial charge on any atom is 0.251 e. The fourth-order valence-corrected chi connectivity index (χ4v) is 4.56. The van der Waals surface area contributed by atoms with Gasteiger partial charge in [-0.2, -0.15) is 0 Å². The van der Waals surface area contributed by atoms with Gasteiger partial charge in [-0.3, -0.25) is 4.79 Å². The van der Waals surface area contributed by atoms with Gasteiger partial charge < -0.3 is 14.6 Å². The van der Waals surface area contributed by atoms with E-state index in [4.69, 9.17) is 21.3 Å². The molecular weight excluding hydrogens is 538 g/mol. The lowest BCUT2D eigenvalue weighted by Crippen LogP contribution is -2.24. The number of carbonyl (C=O) groups is 1. The summed E-state index contributed by atoms with van der Waals surface area (Å²) in [4.78, 5) is 17.1. The van der Waals surface area contributed by atoms with Crippen molar-refractivity contribution >= 4 is 44.5 Å². The van der Waals surface area contributed by atoms with E-state index in [2.05, 4.69) is 44.0 Å². The number of aryl methyl sites for hydroxylation is 3. The summed E-state index contributed by atoms with van der Waals surface area (Å²) < 4.78 is 9.23. The van der Waals surface area contributed by atoms with E-state index in [9.17, 15) is 4.79 Å². The molecule has 0 atom stereocenters. The number of para-hydroxylation sites is 2. The Morgan fingerprint density at radius 3 is 2.64 bits per heavy atom. The van der Waals surface area contributed by atoms with E-state index < -0.39 is 0 Å². The Morgan fingerprint density at radius 1 is 1.03 bits per heavy atom. The normalized spacial score (nSPS) is 11.1. The van der Waals surface area contributed by atoms with Crippen LogP contribution in [0.4, 0.5) is 0 Å². The van der Waals surface area contributed by atoms with Gasteiger partial charge in [0.15, 0.2) is 0 Å². The second-order valence-corrected chi connectivity index (χ2v) is 10.2. The highest BCUT2D eigenvalue weighted by molar-refractivity contribution is 9.10. The number of hydrogen-bond donors (Lipinski definition) is 1. The zero-order valence-electron chi connectivity index (χ0n) is 20.5. The molecule has 0 unspecified atom stereocenters. The molecular formula is C29H31BrClN3O2. The molecule has 0 saturated heterocycles. The molecule has 0 radical (unpaired) electrons. The number of nitrogens with one attached hydrogen (secondary N) is 1. The number of benzene rings is 3. The first-order chi connectivity index (χ1) is 17.5. The van der Waals surface area contributed by atoms with E-state index in [0.29, 0.717) is 18.7 Å². The lowest BCUT2D eigenvalue weighted by molar-refractivity contribution is 0.0953. The molecule has 1 heterocycles. The van der Waals surface area contributed by atoms with Gasteiger partial charge in [-0.1, -0.05) is 46.1 Å². The highest BCUT2D eigenvalue weighted by atomic mass is 79.9. The summed E-state index contributed by atoms with van der Waals surface area (Å²) in [6.07, 6.45) is 4.79. The molecule has 0 aliphatic carbocycles. The number of fused-ring (bicyclic) bond motifs is 1. The predicted octanol–water partition coefficient (Wildman–Crippen LogP) is 7.37. The standard InChI is InChI=1S/C29H31BrClN3O2/c1-21-20-24(15-16-25(21)31)36-19-7-18-34-27-9-5-4-8-26(27)33-28(34)10-3-2-6-17-32-29(35)22-11-13-23(30)14-12-22/h4-5,8-9,11-16,20H,2-3,6-7,10,17-19H2,1H3,(H,32,35). The van der Waals surface area contributed by atoms with Crippen LogP contribution in [0.5, 0.6) is 5.75 Å². The first-order valence-corrected chi connectivity index (χ1v) is 13.6. The van der Waals surface area contributed by atoms with E-state index in [1.807, 2.05) is 55.5 Å². The Balaban J connectivity index is 1.24. The number of amides is 1. The largest absolute Gasteiger partial charge is 0.494 e. The Bertz CT molecular complexity index is 1300. The maximum absolute atomic E-state index is 12.2. The highest BCUT2D eigenvalue weighted by Crippen LogP contribution is 2.22. The average molecular weight is 569 g/mol.